The number of likely N-dealkylation sites (N-methyl/N-ethyl adjacent to an activating group) is 1. The van der Waals surface area contributed by atoms with Gasteiger partial charge in [-0.1, -0.05) is 6.07 Å². The smallest absolute Gasteiger partial charge is 0.197 e. The van der Waals surface area contributed by atoms with E-state index in [9.17, 15) is 20.1 Å². The molecule has 1 saturated heterocycles. The summed E-state index contributed by atoms with van der Waals surface area (Å²) in [5, 5.41) is 32.5. The lowest BCUT2D eigenvalue weighted by atomic mass is 9.89. The quantitative estimate of drug-likeness (QED) is 0.654. The Hall–Kier alpha value is -2.35. The number of nitrogens with zero attached hydrogens (tertiary/aromatic N) is 1. The van der Waals surface area contributed by atoms with E-state index in [-0.39, 0.29) is 46.5 Å². The normalized spacial score (nSPS) is 20.8. The number of phenolic OH excluding ortho intramolecular Hbond substituents is 2. The maximum absolute atomic E-state index is 12.7. The van der Waals surface area contributed by atoms with Crippen molar-refractivity contribution in [2.45, 2.75) is 18.4 Å². The van der Waals surface area contributed by atoms with E-state index < -0.39 is 0 Å². The van der Waals surface area contributed by atoms with E-state index in [1.54, 1.807) is 0 Å². The van der Waals surface area contributed by atoms with Crippen molar-refractivity contribution in [3.05, 3.63) is 45.4 Å². The van der Waals surface area contributed by atoms with Crippen LogP contribution in [0.1, 0.15) is 17.9 Å². The van der Waals surface area contributed by atoms with Crippen molar-refractivity contribution in [3.63, 3.8) is 0 Å². The lowest BCUT2D eigenvalue weighted by Gasteiger charge is -2.24. The summed E-state index contributed by atoms with van der Waals surface area (Å²) in [5.41, 5.74) is 0.300. The van der Waals surface area contributed by atoms with Crippen molar-refractivity contribution < 1.29 is 19.7 Å². The van der Waals surface area contributed by atoms with Crippen LogP contribution < -0.4 is 5.43 Å². The average Bonchev–Trinajstić information content (AvgIpc) is 3.24. The van der Waals surface area contributed by atoms with Crippen molar-refractivity contribution in [2.24, 2.45) is 0 Å². The fourth-order valence-corrected chi connectivity index (χ4v) is 4.51. The maximum Gasteiger partial charge on any atom is 0.197 e. The predicted octanol–water partition coefficient (Wildman–Crippen LogP) is 2.71. The third-order valence-electron chi connectivity index (χ3n) is 5.14. The number of aliphatic hydroxyl groups is 1. The molecule has 0 spiro atoms. The highest BCUT2D eigenvalue weighted by molar-refractivity contribution is 7.13. The topological polar surface area (TPSA) is 94.1 Å². The van der Waals surface area contributed by atoms with E-state index in [0.29, 0.717) is 17.7 Å². The van der Waals surface area contributed by atoms with E-state index in [1.165, 1.54) is 23.5 Å². The number of aliphatic hydroxyl groups excluding tert-OH is 1. The summed E-state index contributed by atoms with van der Waals surface area (Å²) in [5.74, 6) is -0.231. The molecule has 2 atom stereocenters. The molecule has 6 nitrogen and oxygen atoms in total. The van der Waals surface area contributed by atoms with Gasteiger partial charge in [-0.05, 0) is 31.5 Å². The van der Waals surface area contributed by atoms with Crippen LogP contribution in [0.4, 0.5) is 0 Å². The number of likely N-dealkylation sites (tertiary alicyclic amines) is 1. The van der Waals surface area contributed by atoms with Gasteiger partial charge in [-0.15, -0.1) is 11.3 Å². The van der Waals surface area contributed by atoms with Crippen LogP contribution in [0.25, 0.3) is 21.6 Å². The summed E-state index contributed by atoms with van der Waals surface area (Å²) in [6.07, 6.45) is 0.710. The molecule has 2 aromatic heterocycles. The van der Waals surface area contributed by atoms with Crippen LogP contribution in [0.3, 0.4) is 0 Å². The molecule has 3 heterocycles. The van der Waals surface area contributed by atoms with E-state index in [0.717, 1.165) is 11.4 Å². The van der Waals surface area contributed by atoms with E-state index >= 15 is 0 Å². The molecular formula is C19H19NO5S. The van der Waals surface area contributed by atoms with Crippen LogP contribution in [0.5, 0.6) is 11.5 Å². The molecule has 7 heteroatoms. The number of benzene rings is 1. The number of hydrogen-bond donors (Lipinski definition) is 3. The Balaban J connectivity index is 2.02. The average molecular weight is 373 g/mol. The van der Waals surface area contributed by atoms with Crippen LogP contribution >= 0.6 is 11.3 Å². The summed E-state index contributed by atoms with van der Waals surface area (Å²) < 4.78 is 6.01. The fraction of sp³-hybridized carbons (Fsp3) is 0.316. The Labute approximate surface area is 153 Å². The molecule has 1 aromatic carbocycles. The van der Waals surface area contributed by atoms with Crippen LogP contribution in [-0.4, -0.2) is 46.5 Å². The predicted molar refractivity (Wildman–Crippen MR) is 100.0 cm³/mol. The Morgan fingerprint density at radius 1 is 1.31 bits per heavy atom. The van der Waals surface area contributed by atoms with Crippen molar-refractivity contribution in [3.8, 4) is 22.1 Å². The summed E-state index contributed by atoms with van der Waals surface area (Å²) in [6, 6.07) is 6.06. The molecule has 4 rings (SSSR count). The number of fused-ring (bicyclic) bond motifs is 1. The SMILES string of the molecule is CN1CCC(c2c(O)cc(O)c3c(=O)cc(-c4cccs4)oc23)[C@H]1CO. The largest absolute Gasteiger partial charge is 0.507 e. The van der Waals surface area contributed by atoms with Gasteiger partial charge in [-0.2, -0.15) is 0 Å². The fourth-order valence-electron chi connectivity index (χ4n) is 3.83. The zero-order valence-corrected chi connectivity index (χ0v) is 15.0. The second kappa shape index (κ2) is 6.42. The second-order valence-corrected chi connectivity index (χ2v) is 7.56. The number of rotatable bonds is 3. The molecule has 3 N–H and O–H groups in total. The van der Waals surface area contributed by atoms with Crippen molar-refractivity contribution in [1.82, 2.24) is 4.90 Å². The summed E-state index contributed by atoms with van der Waals surface area (Å²) in [7, 11) is 1.91. The molecule has 1 aliphatic rings. The van der Waals surface area contributed by atoms with Crippen LogP contribution in [0, 0.1) is 0 Å². The van der Waals surface area contributed by atoms with Crippen LogP contribution in [0.2, 0.25) is 0 Å². The second-order valence-electron chi connectivity index (χ2n) is 6.61. The van der Waals surface area contributed by atoms with E-state index in [1.807, 2.05) is 29.5 Å². The first kappa shape index (κ1) is 17.1. The Kier molecular flexibility index (Phi) is 4.22. The lowest BCUT2D eigenvalue weighted by molar-refractivity contribution is 0.172. The lowest BCUT2D eigenvalue weighted by Crippen LogP contribution is -2.32. The maximum atomic E-state index is 12.7. The molecule has 1 aliphatic heterocycles. The van der Waals surface area contributed by atoms with Crippen molar-refractivity contribution in [1.29, 1.82) is 0 Å². The van der Waals surface area contributed by atoms with Gasteiger partial charge in [0.1, 0.15) is 28.2 Å². The van der Waals surface area contributed by atoms with Gasteiger partial charge in [0.15, 0.2) is 5.43 Å². The van der Waals surface area contributed by atoms with Gasteiger partial charge >= 0.3 is 0 Å². The van der Waals surface area contributed by atoms with E-state index in [4.69, 9.17) is 4.42 Å². The van der Waals surface area contributed by atoms with Crippen LogP contribution in [0.15, 0.2) is 38.9 Å². The minimum Gasteiger partial charge on any atom is -0.507 e. The number of hydrogen-bond acceptors (Lipinski definition) is 7. The molecule has 3 aromatic rings. The Morgan fingerprint density at radius 2 is 2.12 bits per heavy atom. The van der Waals surface area contributed by atoms with Crippen molar-refractivity contribution >= 4 is 22.3 Å². The van der Waals surface area contributed by atoms with Gasteiger partial charge < -0.3 is 24.6 Å². The minimum atomic E-state index is -0.361. The van der Waals surface area contributed by atoms with Gasteiger partial charge in [-0.3, -0.25) is 4.79 Å². The monoisotopic (exact) mass is 373 g/mol. The van der Waals surface area contributed by atoms with Gasteiger partial charge in [0.25, 0.3) is 0 Å². The summed E-state index contributed by atoms with van der Waals surface area (Å²) in [4.78, 5) is 15.5. The Bertz CT molecular complexity index is 1010. The standard InChI is InChI=1S/C19H19NO5S/c1-20-5-4-10(11(20)9-21)17-12(22)7-13(23)18-14(24)8-15(25-19(17)18)16-3-2-6-26-16/h2-3,6-8,10-11,21-23H,4-5,9H2,1H3/t10?,11-/m1/s1. The van der Waals surface area contributed by atoms with Gasteiger partial charge in [0.05, 0.1) is 11.5 Å². The molecule has 0 aliphatic carbocycles. The molecule has 0 bridgehead atoms. The summed E-state index contributed by atoms with van der Waals surface area (Å²) >= 11 is 1.44. The first-order valence-electron chi connectivity index (χ1n) is 8.39. The Morgan fingerprint density at radius 3 is 2.81 bits per heavy atom. The third kappa shape index (κ3) is 2.59. The number of phenols is 2. The van der Waals surface area contributed by atoms with E-state index in [2.05, 4.69) is 0 Å². The highest BCUT2D eigenvalue weighted by atomic mass is 32.1. The molecule has 136 valence electrons. The van der Waals surface area contributed by atoms with Crippen molar-refractivity contribution in [2.75, 3.05) is 20.2 Å². The first-order valence-corrected chi connectivity index (χ1v) is 9.27. The van der Waals surface area contributed by atoms with Gasteiger partial charge in [-0.25, -0.2) is 0 Å². The van der Waals surface area contributed by atoms with Gasteiger partial charge in [0.2, 0.25) is 0 Å². The zero-order chi connectivity index (χ0) is 18.4. The van der Waals surface area contributed by atoms with Crippen LogP contribution in [-0.2, 0) is 0 Å². The molecular weight excluding hydrogens is 354 g/mol. The highest BCUT2D eigenvalue weighted by Crippen LogP contribution is 2.44. The summed E-state index contributed by atoms with van der Waals surface area (Å²) in [6.45, 7) is 0.685. The minimum absolute atomic E-state index is 0.0596. The number of thiophene rings is 1. The number of aromatic hydroxyl groups is 2. The third-order valence-corrected chi connectivity index (χ3v) is 6.03. The molecule has 26 heavy (non-hydrogen) atoms. The molecule has 0 saturated carbocycles. The highest BCUT2D eigenvalue weighted by Gasteiger charge is 2.36. The molecule has 0 amide bonds. The van der Waals surface area contributed by atoms with Gasteiger partial charge in [0, 0.05) is 29.7 Å². The molecule has 1 fully saturated rings. The first-order chi connectivity index (χ1) is 12.5. The molecule has 1 unspecified atom stereocenters. The zero-order valence-electron chi connectivity index (χ0n) is 14.2. The molecule has 0 radical (unpaired) electrons.